The van der Waals surface area contributed by atoms with Gasteiger partial charge in [0, 0.05) is 17.2 Å². The highest BCUT2D eigenvalue weighted by Crippen LogP contribution is 2.17. The Balaban J connectivity index is 2.12. The first-order valence-corrected chi connectivity index (χ1v) is 6.63. The molecule has 0 aliphatic heterocycles. The highest BCUT2D eigenvalue weighted by atomic mass is 16.5. The Labute approximate surface area is 123 Å². The minimum absolute atomic E-state index is 0.0295. The van der Waals surface area contributed by atoms with Gasteiger partial charge in [0.15, 0.2) is 11.6 Å². The third-order valence-electron chi connectivity index (χ3n) is 2.84. The van der Waals surface area contributed by atoms with E-state index in [1.165, 1.54) is 13.0 Å². The molecule has 0 bridgehead atoms. The second kappa shape index (κ2) is 6.66. The van der Waals surface area contributed by atoms with Crippen molar-refractivity contribution in [1.82, 2.24) is 0 Å². The highest BCUT2D eigenvalue weighted by molar-refractivity contribution is 6.08. The molecule has 0 aliphatic rings. The van der Waals surface area contributed by atoms with E-state index in [-0.39, 0.29) is 11.6 Å². The van der Waals surface area contributed by atoms with Gasteiger partial charge in [-0.2, -0.15) is 0 Å². The van der Waals surface area contributed by atoms with Gasteiger partial charge in [-0.25, -0.2) is 0 Å². The summed E-state index contributed by atoms with van der Waals surface area (Å²) in [5.74, 6) is 1.01. The summed E-state index contributed by atoms with van der Waals surface area (Å²) in [5, 5.41) is 0. The van der Waals surface area contributed by atoms with Gasteiger partial charge in [-0.3, -0.25) is 9.59 Å². The molecule has 0 aromatic heterocycles. The number of carbonyl (C=O) groups excluding carboxylic acids is 2. The number of hydrogen-bond donors (Lipinski definition) is 0. The van der Waals surface area contributed by atoms with Gasteiger partial charge in [0.1, 0.15) is 11.5 Å². The van der Waals surface area contributed by atoms with Crippen LogP contribution in [0, 0.1) is 0 Å². The zero-order valence-corrected chi connectivity index (χ0v) is 12.0. The summed E-state index contributed by atoms with van der Waals surface area (Å²) in [7, 11) is 0. The molecule has 0 saturated heterocycles. The van der Waals surface area contributed by atoms with Crippen molar-refractivity contribution in [3.05, 3.63) is 77.6 Å². The molecule has 0 unspecified atom stereocenters. The molecule has 0 radical (unpaired) electrons. The predicted octanol–water partition coefficient (Wildman–Crippen LogP) is 3.79. The Bertz CT molecular complexity index is 667. The molecule has 2 aromatic rings. The molecule has 0 aliphatic carbocycles. The van der Waals surface area contributed by atoms with E-state index in [1.807, 2.05) is 18.2 Å². The van der Waals surface area contributed by atoms with Gasteiger partial charge in [-0.15, -0.1) is 0 Å². The normalized spacial score (nSPS) is 11.0. The van der Waals surface area contributed by atoms with E-state index in [1.54, 1.807) is 43.3 Å². The van der Waals surface area contributed by atoms with Crippen LogP contribution in [-0.4, -0.2) is 11.6 Å². The summed E-state index contributed by atoms with van der Waals surface area (Å²) in [4.78, 5) is 23.2. The fourth-order valence-electron chi connectivity index (χ4n) is 1.93. The number of rotatable bonds is 5. The molecule has 0 heterocycles. The van der Waals surface area contributed by atoms with Gasteiger partial charge < -0.3 is 4.74 Å². The van der Waals surface area contributed by atoms with Gasteiger partial charge >= 0.3 is 0 Å². The van der Waals surface area contributed by atoms with Crippen LogP contribution in [0.1, 0.15) is 29.8 Å². The van der Waals surface area contributed by atoms with Crippen LogP contribution in [0.5, 0.6) is 5.75 Å². The minimum Gasteiger partial charge on any atom is -0.462 e. The number of allylic oxidation sites excluding steroid dienone is 2. The van der Waals surface area contributed by atoms with Crippen molar-refractivity contribution in [2.24, 2.45) is 0 Å². The van der Waals surface area contributed by atoms with E-state index in [2.05, 4.69) is 0 Å². The fraction of sp³-hybridized carbons (Fsp3) is 0.111. The van der Waals surface area contributed by atoms with Crippen LogP contribution in [0.2, 0.25) is 0 Å². The number of carbonyl (C=O) groups is 2. The number of ketones is 2. The van der Waals surface area contributed by atoms with E-state index in [0.717, 1.165) is 0 Å². The van der Waals surface area contributed by atoms with Crippen molar-refractivity contribution >= 4 is 11.6 Å². The van der Waals surface area contributed by atoms with Crippen LogP contribution in [0.15, 0.2) is 66.4 Å². The van der Waals surface area contributed by atoms with Crippen LogP contribution >= 0.6 is 0 Å². The van der Waals surface area contributed by atoms with Crippen molar-refractivity contribution in [1.29, 1.82) is 0 Å². The molecule has 0 amide bonds. The monoisotopic (exact) mass is 280 g/mol. The van der Waals surface area contributed by atoms with E-state index in [9.17, 15) is 9.59 Å². The first-order valence-electron chi connectivity index (χ1n) is 6.63. The standard InChI is InChI=1S/C18H16O3/c1-13(19)12-14(2)21-17-10-8-16(9-11-17)18(20)15-6-4-3-5-7-15/h3-12H,1-2H3/b14-12+. The summed E-state index contributed by atoms with van der Waals surface area (Å²) >= 11 is 0. The van der Waals surface area contributed by atoms with Crippen LogP contribution < -0.4 is 4.74 Å². The van der Waals surface area contributed by atoms with Gasteiger partial charge in [0.25, 0.3) is 0 Å². The molecule has 0 saturated carbocycles. The topological polar surface area (TPSA) is 43.4 Å². The van der Waals surface area contributed by atoms with Crippen LogP contribution in [0.3, 0.4) is 0 Å². The summed E-state index contributed by atoms with van der Waals surface area (Å²) in [5.41, 5.74) is 1.25. The van der Waals surface area contributed by atoms with Crippen LogP contribution in [-0.2, 0) is 4.79 Å². The lowest BCUT2D eigenvalue weighted by molar-refractivity contribution is -0.112. The zero-order valence-electron chi connectivity index (χ0n) is 12.0. The number of hydrogen-bond acceptors (Lipinski definition) is 3. The van der Waals surface area contributed by atoms with Crippen molar-refractivity contribution < 1.29 is 14.3 Å². The summed E-state index contributed by atoms with van der Waals surface area (Å²) in [6.07, 6.45) is 1.42. The van der Waals surface area contributed by atoms with Gasteiger partial charge in [-0.1, -0.05) is 30.3 Å². The molecule has 0 atom stereocenters. The maximum absolute atomic E-state index is 12.2. The largest absolute Gasteiger partial charge is 0.462 e. The molecule has 0 fully saturated rings. The van der Waals surface area contributed by atoms with E-state index >= 15 is 0 Å². The third-order valence-corrected chi connectivity index (χ3v) is 2.84. The van der Waals surface area contributed by atoms with Gasteiger partial charge in [0.2, 0.25) is 0 Å². The molecular weight excluding hydrogens is 264 g/mol. The van der Waals surface area contributed by atoms with E-state index in [0.29, 0.717) is 22.6 Å². The maximum Gasteiger partial charge on any atom is 0.193 e. The van der Waals surface area contributed by atoms with Gasteiger partial charge in [-0.05, 0) is 38.1 Å². The first kappa shape index (κ1) is 14.7. The summed E-state index contributed by atoms with van der Waals surface area (Å²) in [6.45, 7) is 3.18. The molecule has 2 rings (SSSR count). The Morgan fingerprint density at radius 2 is 1.43 bits per heavy atom. The van der Waals surface area contributed by atoms with Crippen molar-refractivity contribution in [2.45, 2.75) is 13.8 Å². The number of ether oxygens (including phenoxy) is 1. The quantitative estimate of drug-likeness (QED) is 0.475. The predicted molar refractivity (Wildman–Crippen MR) is 81.4 cm³/mol. The lowest BCUT2D eigenvalue weighted by atomic mass is 10.0. The Kier molecular flexibility index (Phi) is 4.67. The molecule has 0 spiro atoms. The van der Waals surface area contributed by atoms with Gasteiger partial charge in [0.05, 0.1) is 0 Å². The number of benzene rings is 2. The lowest BCUT2D eigenvalue weighted by Crippen LogP contribution is -2.01. The smallest absolute Gasteiger partial charge is 0.193 e. The summed E-state index contributed by atoms with van der Waals surface area (Å²) < 4.78 is 5.49. The minimum atomic E-state index is -0.0663. The summed E-state index contributed by atoms with van der Waals surface area (Å²) in [6, 6.07) is 16.0. The lowest BCUT2D eigenvalue weighted by Gasteiger charge is -2.06. The van der Waals surface area contributed by atoms with Crippen LogP contribution in [0.4, 0.5) is 0 Å². The molecule has 0 N–H and O–H groups in total. The molecular formula is C18H16O3. The fourth-order valence-corrected chi connectivity index (χ4v) is 1.93. The highest BCUT2D eigenvalue weighted by Gasteiger charge is 2.08. The van der Waals surface area contributed by atoms with E-state index < -0.39 is 0 Å². The molecule has 106 valence electrons. The average molecular weight is 280 g/mol. The third kappa shape index (κ3) is 4.14. The molecule has 21 heavy (non-hydrogen) atoms. The molecule has 3 heteroatoms. The second-order valence-corrected chi connectivity index (χ2v) is 4.69. The van der Waals surface area contributed by atoms with Crippen LogP contribution in [0.25, 0.3) is 0 Å². The maximum atomic E-state index is 12.2. The second-order valence-electron chi connectivity index (χ2n) is 4.69. The average Bonchev–Trinajstić information content (AvgIpc) is 2.47. The van der Waals surface area contributed by atoms with Crippen molar-refractivity contribution in [3.63, 3.8) is 0 Å². The van der Waals surface area contributed by atoms with Crippen molar-refractivity contribution in [3.8, 4) is 5.75 Å². The SMILES string of the molecule is CC(=O)/C=C(\C)Oc1ccc(C(=O)c2ccccc2)cc1. The zero-order chi connectivity index (χ0) is 15.2. The molecule has 2 aromatic carbocycles. The Morgan fingerprint density at radius 3 is 2.00 bits per heavy atom. The first-order chi connectivity index (χ1) is 10.1. The van der Waals surface area contributed by atoms with Crippen molar-refractivity contribution in [2.75, 3.05) is 0 Å². The Hall–Kier alpha value is -2.68. The van der Waals surface area contributed by atoms with E-state index in [4.69, 9.17) is 4.74 Å². The Morgan fingerprint density at radius 1 is 0.857 bits per heavy atom. The molecule has 3 nitrogen and oxygen atoms in total.